The smallest absolute Gasteiger partial charge is 0.244 e. The van der Waals surface area contributed by atoms with Gasteiger partial charge < -0.3 is 15.8 Å². The second kappa shape index (κ2) is 6.52. The molecule has 106 valence electrons. The SMILES string of the molecule is CCOc1cc(F)ccc1NC(=O)C(N)(CC)CC. The van der Waals surface area contributed by atoms with Crippen LogP contribution in [-0.2, 0) is 4.79 Å². The molecule has 1 amide bonds. The highest BCUT2D eigenvalue weighted by molar-refractivity contribution is 5.98. The van der Waals surface area contributed by atoms with E-state index in [2.05, 4.69) is 5.32 Å². The van der Waals surface area contributed by atoms with Gasteiger partial charge in [0.25, 0.3) is 0 Å². The zero-order chi connectivity index (χ0) is 14.5. The van der Waals surface area contributed by atoms with E-state index in [1.807, 2.05) is 13.8 Å². The predicted molar refractivity (Wildman–Crippen MR) is 73.7 cm³/mol. The lowest BCUT2D eigenvalue weighted by atomic mass is 9.93. The summed E-state index contributed by atoms with van der Waals surface area (Å²) in [5.74, 6) is -0.387. The monoisotopic (exact) mass is 268 g/mol. The largest absolute Gasteiger partial charge is 0.492 e. The van der Waals surface area contributed by atoms with Crippen LogP contribution in [0.1, 0.15) is 33.6 Å². The molecule has 0 aliphatic carbocycles. The molecule has 0 fully saturated rings. The molecule has 1 aromatic rings. The molecule has 0 aromatic heterocycles. The van der Waals surface area contributed by atoms with Crippen molar-refractivity contribution in [3.63, 3.8) is 0 Å². The first kappa shape index (κ1) is 15.4. The Bertz CT molecular complexity index is 445. The van der Waals surface area contributed by atoms with E-state index in [0.29, 0.717) is 30.9 Å². The Labute approximate surface area is 113 Å². The molecule has 0 saturated carbocycles. The van der Waals surface area contributed by atoms with E-state index in [4.69, 9.17) is 10.5 Å². The summed E-state index contributed by atoms with van der Waals surface area (Å²) in [7, 11) is 0. The van der Waals surface area contributed by atoms with E-state index in [0.717, 1.165) is 0 Å². The lowest BCUT2D eigenvalue weighted by Gasteiger charge is -2.25. The van der Waals surface area contributed by atoms with Crippen LogP contribution in [0.25, 0.3) is 0 Å². The van der Waals surface area contributed by atoms with Crippen molar-refractivity contribution in [2.75, 3.05) is 11.9 Å². The van der Waals surface area contributed by atoms with E-state index >= 15 is 0 Å². The Morgan fingerprint density at radius 1 is 1.37 bits per heavy atom. The van der Waals surface area contributed by atoms with Crippen LogP contribution in [0.5, 0.6) is 5.75 Å². The van der Waals surface area contributed by atoms with E-state index in [1.54, 1.807) is 6.92 Å². The normalized spacial score (nSPS) is 11.2. The minimum absolute atomic E-state index is 0.287. The van der Waals surface area contributed by atoms with Crippen LogP contribution in [-0.4, -0.2) is 18.1 Å². The highest BCUT2D eigenvalue weighted by atomic mass is 19.1. The number of hydrogen-bond donors (Lipinski definition) is 2. The Hall–Kier alpha value is -1.62. The summed E-state index contributed by atoms with van der Waals surface area (Å²) in [5, 5.41) is 2.71. The van der Waals surface area contributed by atoms with Gasteiger partial charge in [-0.05, 0) is 31.9 Å². The van der Waals surface area contributed by atoms with Gasteiger partial charge in [0, 0.05) is 6.07 Å². The van der Waals surface area contributed by atoms with E-state index in [9.17, 15) is 9.18 Å². The van der Waals surface area contributed by atoms with Crippen molar-refractivity contribution in [3.05, 3.63) is 24.0 Å². The van der Waals surface area contributed by atoms with Gasteiger partial charge in [-0.3, -0.25) is 4.79 Å². The Morgan fingerprint density at radius 3 is 2.53 bits per heavy atom. The molecule has 0 aliphatic heterocycles. The topological polar surface area (TPSA) is 64.3 Å². The zero-order valence-corrected chi connectivity index (χ0v) is 11.6. The summed E-state index contributed by atoms with van der Waals surface area (Å²) < 4.78 is 18.5. The third-order valence-corrected chi connectivity index (χ3v) is 3.21. The van der Waals surface area contributed by atoms with E-state index in [-0.39, 0.29) is 5.91 Å². The molecule has 5 heteroatoms. The second-order valence-electron chi connectivity index (χ2n) is 4.39. The molecule has 1 aromatic carbocycles. The van der Waals surface area contributed by atoms with Gasteiger partial charge in [-0.25, -0.2) is 4.39 Å². The van der Waals surface area contributed by atoms with Crippen molar-refractivity contribution < 1.29 is 13.9 Å². The van der Waals surface area contributed by atoms with Gasteiger partial charge in [-0.1, -0.05) is 13.8 Å². The van der Waals surface area contributed by atoms with Gasteiger partial charge in [0.2, 0.25) is 5.91 Å². The summed E-state index contributed by atoms with van der Waals surface area (Å²) in [6.07, 6.45) is 1.06. The van der Waals surface area contributed by atoms with Gasteiger partial charge in [0.05, 0.1) is 17.8 Å². The first-order valence-corrected chi connectivity index (χ1v) is 6.49. The quantitative estimate of drug-likeness (QED) is 0.833. The second-order valence-corrected chi connectivity index (χ2v) is 4.39. The summed E-state index contributed by atoms with van der Waals surface area (Å²) in [6, 6.07) is 3.99. The summed E-state index contributed by atoms with van der Waals surface area (Å²) in [5.41, 5.74) is 5.53. The van der Waals surface area contributed by atoms with Crippen LogP contribution >= 0.6 is 0 Å². The fraction of sp³-hybridized carbons (Fsp3) is 0.500. The van der Waals surface area contributed by atoms with Gasteiger partial charge >= 0.3 is 0 Å². The van der Waals surface area contributed by atoms with Crippen molar-refractivity contribution in [1.29, 1.82) is 0 Å². The molecular weight excluding hydrogens is 247 g/mol. The fourth-order valence-electron chi connectivity index (χ4n) is 1.69. The van der Waals surface area contributed by atoms with Crippen LogP contribution in [0, 0.1) is 5.82 Å². The van der Waals surface area contributed by atoms with Crippen molar-refractivity contribution in [2.24, 2.45) is 5.73 Å². The molecule has 4 nitrogen and oxygen atoms in total. The van der Waals surface area contributed by atoms with Crippen LogP contribution in [0.2, 0.25) is 0 Å². The van der Waals surface area contributed by atoms with Gasteiger partial charge in [-0.2, -0.15) is 0 Å². The first-order valence-electron chi connectivity index (χ1n) is 6.49. The van der Waals surface area contributed by atoms with Crippen LogP contribution in [0.15, 0.2) is 18.2 Å². The number of nitrogens with one attached hydrogen (secondary N) is 1. The number of halogens is 1. The molecule has 0 spiro atoms. The molecule has 0 unspecified atom stereocenters. The van der Waals surface area contributed by atoms with Crippen molar-refractivity contribution in [3.8, 4) is 5.75 Å². The first-order chi connectivity index (χ1) is 8.96. The number of hydrogen-bond acceptors (Lipinski definition) is 3. The maximum atomic E-state index is 13.2. The minimum atomic E-state index is -0.919. The molecule has 19 heavy (non-hydrogen) atoms. The average molecular weight is 268 g/mol. The molecule has 1 rings (SSSR count). The molecule has 0 heterocycles. The molecule has 0 atom stereocenters. The Balaban J connectivity index is 2.96. The number of rotatable bonds is 6. The van der Waals surface area contributed by atoms with Gasteiger partial charge in [0.15, 0.2) is 0 Å². The average Bonchev–Trinajstić information content (AvgIpc) is 2.41. The van der Waals surface area contributed by atoms with Gasteiger partial charge in [-0.15, -0.1) is 0 Å². The number of benzene rings is 1. The molecule has 0 aliphatic rings. The van der Waals surface area contributed by atoms with Crippen molar-refractivity contribution >= 4 is 11.6 Å². The predicted octanol–water partition coefficient (Wildman–Crippen LogP) is 2.68. The number of ether oxygens (including phenoxy) is 1. The van der Waals surface area contributed by atoms with E-state index < -0.39 is 11.4 Å². The summed E-state index contributed by atoms with van der Waals surface area (Å²) in [6.45, 7) is 5.90. The maximum Gasteiger partial charge on any atom is 0.244 e. The summed E-state index contributed by atoms with van der Waals surface area (Å²) in [4.78, 5) is 12.2. The third-order valence-electron chi connectivity index (χ3n) is 3.21. The lowest BCUT2D eigenvalue weighted by molar-refractivity contribution is -0.121. The highest BCUT2D eigenvalue weighted by Gasteiger charge is 2.30. The highest BCUT2D eigenvalue weighted by Crippen LogP contribution is 2.27. The number of nitrogens with two attached hydrogens (primary N) is 1. The number of amides is 1. The standard InChI is InChI=1S/C14H21FN2O2/c1-4-14(16,5-2)13(18)17-11-8-7-10(15)9-12(11)19-6-3/h7-9H,4-6,16H2,1-3H3,(H,17,18). The summed E-state index contributed by atoms with van der Waals surface area (Å²) >= 11 is 0. The molecule has 0 radical (unpaired) electrons. The zero-order valence-electron chi connectivity index (χ0n) is 11.6. The Kier molecular flexibility index (Phi) is 5.30. The Morgan fingerprint density at radius 2 is 2.00 bits per heavy atom. The number of anilines is 1. The van der Waals surface area contributed by atoms with Crippen LogP contribution in [0.3, 0.4) is 0 Å². The maximum absolute atomic E-state index is 13.2. The van der Waals surface area contributed by atoms with Crippen LogP contribution < -0.4 is 15.8 Å². The van der Waals surface area contributed by atoms with Crippen molar-refractivity contribution in [2.45, 2.75) is 39.2 Å². The lowest BCUT2D eigenvalue weighted by Crippen LogP contribution is -2.50. The molecule has 3 N–H and O–H groups in total. The molecule has 0 bridgehead atoms. The molecule has 0 saturated heterocycles. The number of carbonyl (C=O) groups is 1. The fourth-order valence-corrected chi connectivity index (χ4v) is 1.69. The minimum Gasteiger partial charge on any atom is -0.492 e. The molecular formula is C14H21FN2O2. The third kappa shape index (κ3) is 3.67. The van der Waals surface area contributed by atoms with Gasteiger partial charge in [0.1, 0.15) is 11.6 Å². The number of carbonyl (C=O) groups excluding carboxylic acids is 1. The van der Waals surface area contributed by atoms with Crippen molar-refractivity contribution in [1.82, 2.24) is 0 Å². The van der Waals surface area contributed by atoms with E-state index in [1.165, 1.54) is 18.2 Å². The van der Waals surface area contributed by atoms with Crippen LogP contribution in [0.4, 0.5) is 10.1 Å².